The first kappa shape index (κ1) is 25.4. The van der Waals surface area contributed by atoms with E-state index < -0.39 is 36.1 Å². The van der Waals surface area contributed by atoms with Crippen molar-refractivity contribution in [3.8, 4) is 11.5 Å². The second-order valence-corrected chi connectivity index (χ2v) is 7.13. The molecule has 0 saturated carbocycles. The Morgan fingerprint density at radius 2 is 1.06 bits per heavy atom. The summed E-state index contributed by atoms with van der Waals surface area (Å²) < 4.78 is 16.2. The molecule has 0 bridgehead atoms. The van der Waals surface area contributed by atoms with Crippen molar-refractivity contribution in [2.75, 3.05) is 0 Å². The van der Waals surface area contributed by atoms with Gasteiger partial charge in [0.05, 0.1) is 0 Å². The largest absolute Gasteiger partial charge is 0.478 e. The van der Waals surface area contributed by atoms with Crippen molar-refractivity contribution in [3.05, 3.63) is 59.7 Å². The Labute approximate surface area is 190 Å². The Hall–Kier alpha value is -3.88. The predicted molar refractivity (Wildman–Crippen MR) is 117 cm³/mol. The van der Waals surface area contributed by atoms with Gasteiger partial charge >= 0.3 is 23.9 Å². The van der Waals surface area contributed by atoms with Crippen molar-refractivity contribution in [2.45, 2.75) is 51.7 Å². The number of carboxylic acids is 2. The Morgan fingerprint density at radius 3 is 1.39 bits per heavy atom. The molecule has 0 aromatic heterocycles. The molecular formula is C24H26O9. The van der Waals surface area contributed by atoms with E-state index in [1.165, 1.54) is 36.4 Å². The lowest BCUT2D eigenvalue weighted by molar-refractivity contribution is -0.170. The lowest BCUT2D eigenvalue weighted by Gasteiger charge is -2.21. The standard InChI is InChI=1S/C24H26O9/c1-3-9-19(31-17-13-7-5-11-15(17)21(25)26)23(29)33-24(30)20(10-4-2)32-18-14-8-6-12-16(18)22(27)28/h5-8,11-14,19-20H,3-4,9-10H2,1-2H3,(H,25,26)(H,27,28). The summed E-state index contributed by atoms with van der Waals surface area (Å²) >= 11 is 0. The van der Waals surface area contributed by atoms with Gasteiger partial charge in [0, 0.05) is 0 Å². The summed E-state index contributed by atoms with van der Waals surface area (Å²) in [5, 5.41) is 18.6. The molecule has 9 nitrogen and oxygen atoms in total. The number of benzene rings is 2. The quantitative estimate of drug-likeness (QED) is 0.358. The number of aromatic carboxylic acids is 2. The highest BCUT2D eigenvalue weighted by Gasteiger charge is 2.30. The van der Waals surface area contributed by atoms with Crippen LogP contribution in [0, 0.1) is 0 Å². The fraction of sp³-hybridized carbons (Fsp3) is 0.333. The maximum absolute atomic E-state index is 12.7. The molecule has 2 aromatic rings. The van der Waals surface area contributed by atoms with Crippen molar-refractivity contribution in [1.29, 1.82) is 0 Å². The Bertz CT molecular complexity index is 919. The highest BCUT2D eigenvalue weighted by Crippen LogP contribution is 2.23. The monoisotopic (exact) mass is 458 g/mol. The Kier molecular flexibility index (Phi) is 9.41. The van der Waals surface area contributed by atoms with Gasteiger partial charge in [0.15, 0.2) is 12.2 Å². The van der Waals surface area contributed by atoms with E-state index in [0.717, 1.165) is 0 Å². The second-order valence-electron chi connectivity index (χ2n) is 7.13. The third-order valence-corrected chi connectivity index (χ3v) is 4.60. The van der Waals surface area contributed by atoms with Crippen LogP contribution in [0.15, 0.2) is 48.5 Å². The summed E-state index contributed by atoms with van der Waals surface area (Å²) in [6, 6.07) is 11.7. The predicted octanol–water partition coefficient (Wildman–Crippen LogP) is 3.95. The molecule has 0 aliphatic heterocycles. The van der Waals surface area contributed by atoms with Crippen LogP contribution in [0.25, 0.3) is 0 Å². The van der Waals surface area contributed by atoms with Crippen LogP contribution in [0.1, 0.15) is 60.2 Å². The summed E-state index contributed by atoms with van der Waals surface area (Å²) in [6.45, 7) is 3.58. The number of esters is 2. The van der Waals surface area contributed by atoms with Crippen LogP contribution < -0.4 is 9.47 Å². The minimum absolute atomic E-state index is 0.0235. The van der Waals surface area contributed by atoms with Crippen molar-refractivity contribution in [2.24, 2.45) is 0 Å². The van der Waals surface area contributed by atoms with E-state index in [4.69, 9.17) is 14.2 Å². The topological polar surface area (TPSA) is 136 Å². The molecule has 0 amide bonds. The number of ether oxygens (including phenoxy) is 3. The summed E-state index contributed by atoms with van der Waals surface area (Å²) in [5.74, 6) is -4.47. The van der Waals surface area contributed by atoms with Gasteiger partial charge in [-0.1, -0.05) is 51.0 Å². The third kappa shape index (κ3) is 7.06. The normalized spacial score (nSPS) is 12.3. The number of hydrogen-bond acceptors (Lipinski definition) is 7. The van der Waals surface area contributed by atoms with Gasteiger partial charge in [-0.3, -0.25) is 0 Å². The van der Waals surface area contributed by atoms with E-state index in [1.807, 2.05) is 0 Å². The average Bonchev–Trinajstić information content (AvgIpc) is 2.78. The minimum Gasteiger partial charge on any atom is -0.478 e. The number of rotatable bonds is 12. The number of hydrogen-bond donors (Lipinski definition) is 2. The van der Waals surface area contributed by atoms with E-state index in [1.54, 1.807) is 26.0 Å². The van der Waals surface area contributed by atoms with Gasteiger partial charge in [-0.15, -0.1) is 0 Å². The van der Waals surface area contributed by atoms with Gasteiger partial charge in [0.2, 0.25) is 0 Å². The van der Waals surface area contributed by atoms with Crippen molar-refractivity contribution in [1.82, 2.24) is 0 Å². The maximum atomic E-state index is 12.7. The summed E-state index contributed by atoms with van der Waals surface area (Å²) in [7, 11) is 0. The molecular weight excluding hydrogens is 432 g/mol. The summed E-state index contributed by atoms with van der Waals surface area (Å²) in [4.78, 5) is 48.2. The molecule has 2 aromatic carbocycles. The van der Waals surface area contributed by atoms with Gasteiger partial charge in [0.25, 0.3) is 0 Å². The zero-order valence-corrected chi connectivity index (χ0v) is 18.4. The fourth-order valence-corrected chi connectivity index (χ4v) is 3.00. The smallest absolute Gasteiger partial charge is 0.355 e. The van der Waals surface area contributed by atoms with E-state index in [9.17, 15) is 29.4 Å². The number of para-hydroxylation sites is 2. The molecule has 2 unspecified atom stereocenters. The Balaban J connectivity index is 2.18. The number of carboxylic acid groups (broad SMARTS) is 2. The lowest BCUT2D eigenvalue weighted by Crippen LogP contribution is -2.37. The van der Waals surface area contributed by atoms with E-state index in [2.05, 4.69) is 0 Å². The van der Waals surface area contributed by atoms with Crippen molar-refractivity contribution >= 4 is 23.9 Å². The summed E-state index contributed by atoms with van der Waals surface area (Å²) in [6.07, 6.45) is -1.06. The highest BCUT2D eigenvalue weighted by atomic mass is 16.6. The summed E-state index contributed by atoms with van der Waals surface area (Å²) in [5.41, 5.74) is -0.259. The SMILES string of the molecule is CCCC(Oc1ccccc1C(=O)O)C(=O)OC(=O)C(CCC)Oc1ccccc1C(=O)O. The van der Waals surface area contributed by atoms with Crippen LogP contribution in [-0.2, 0) is 14.3 Å². The van der Waals surface area contributed by atoms with Crippen LogP contribution >= 0.6 is 0 Å². The van der Waals surface area contributed by atoms with Crippen LogP contribution in [0.3, 0.4) is 0 Å². The molecule has 2 N–H and O–H groups in total. The van der Waals surface area contributed by atoms with Gasteiger partial charge in [-0.05, 0) is 37.1 Å². The van der Waals surface area contributed by atoms with Gasteiger partial charge in [0.1, 0.15) is 22.6 Å². The Morgan fingerprint density at radius 1 is 0.697 bits per heavy atom. The number of carbonyl (C=O) groups is 4. The molecule has 0 heterocycles. The van der Waals surface area contributed by atoms with E-state index in [0.29, 0.717) is 12.8 Å². The fourth-order valence-electron chi connectivity index (χ4n) is 3.00. The van der Waals surface area contributed by atoms with Gasteiger partial charge in [-0.2, -0.15) is 0 Å². The molecule has 9 heteroatoms. The second kappa shape index (κ2) is 12.2. The molecule has 0 spiro atoms. The molecule has 2 atom stereocenters. The molecule has 0 radical (unpaired) electrons. The first-order valence-corrected chi connectivity index (χ1v) is 10.5. The molecule has 0 saturated heterocycles. The number of carbonyl (C=O) groups excluding carboxylic acids is 2. The minimum atomic E-state index is -1.22. The zero-order chi connectivity index (χ0) is 24.4. The first-order chi connectivity index (χ1) is 15.8. The van der Waals surface area contributed by atoms with E-state index in [-0.39, 0.29) is 35.5 Å². The molecule has 0 aliphatic rings. The van der Waals surface area contributed by atoms with Crippen LogP contribution in [0.4, 0.5) is 0 Å². The highest BCUT2D eigenvalue weighted by molar-refractivity contribution is 5.93. The zero-order valence-electron chi connectivity index (χ0n) is 18.4. The van der Waals surface area contributed by atoms with Gasteiger partial charge in [-0.25, -0.2) is 19.2 Å². The molecule has 0 fully saturated rings. The van der Waals surface area contributed by atoms with Crippen LogP contribution in [0.2, 0.25) is 0 Å². The van der Waals surface area contributed by atoms with Gasteiger partial charge < -0.3 is 24.4 Å². The van der Waals surface area contributed by atoms with Crippen molar-refractivity contribution in [3.63, 3.8) is 0 Å². The average molecular weight is 458 g/mol. The molecule has 33 heavy (non-hydrogen) atoms. The molecule has 0 aliphatic carbocycles. The van der Waals surface area contributed by atoms with Crippen LogP contribution in [0.5, 0.6) is 11.5 Å². The third-order valence-electron chi connectivity index (χ3n) is 4.60. The maximum Gasteiger partial charge on any atom is 0.355 e. The van der Waals surface area contributed by atoms with E-state index >= 15 is 0 Å². The van der Waals surface area contributed by atoms with Crippen molar-refractivity contribution < 1.29 is 43.6 Å². The first-order valence-electron chi connectivity index (χ1n) is 10.5. The molecule has 176 valence electrons. The molecule has 2 rings (SSSR count). The lowest BCUT2D eigenvalue weighted by atomic mass is 10.1. The van der Waals surface area contributed by atoms with Crippen LogP contribution in [-0.4, -0.2) is 46.3 Å².